The van der Waals surface area contributed by atoms with Gasteiger partial charge in [0.05, 0.1) is 28.9 Å². The van der Waals surface area contributed by atoms with Crippen molar-refractivity contribution in [1.82, 2.24) is 10.3 Å². The Hall–Kier alpha value is -2.55. The lowest BCUT2D eigenvalue weighted by atomic mass is 10.0. The summed E-state index contributed by atoms with van der Waals surface area (Å²) in [7, 11) is 1.61. The van der Waals surface area contributed by atoms with Crippen molar-refractivity contribution in [2.45, 2.75) is 32.1 Å². The summed E-state index contributed by atoms with van der Waals surface area (Å²) in [6.45, 7) is 3.07. The summed E-state index contributed by atoms with van der Waals surface area (Å²) in [4.78, 5) is 17.6. The molecule has 3 aromatic rings. The number of aromatic nitrogens is 1. The largest absolute Gasteiger partial charge is 0.593 e. The number of pyridine rings is 1. The molecule has 31 heavy (non-hydrogen) atoms. The molecule has 1 aromatic carbocycles. The van der Waals surface area contributed by atoms with Crippen molar-refractivity contribution in [3.63, 3.8) is 0 Å². The van der Waals surface area contributed by atoms with Crippen LogP contribution in [0.1, 0.15) is 46.7 Å². The second-order valence-corrected chi connectivity index (χ2v) is 9.24. The molecule has 1 unspecified atom stereocenters. The number of anilines is 1. The zero-order chi connectivity index (χ0) is 22.1. The number of benzene rings is 1. The molecule has 1 saturated carbocycles. The van der Waals surface area contributed by atoms with Crippen LogP contribution in [0.25, 0.3) is 22.4 Å². The second-order valence-electron chi connectivity index (χ2n) is 7.95. The van der Waals surface area contributed by atoms with E-state index >= 15 is 0 Å². The Labute approximate surface area is 185 Å². The van der Waals surface area contributed by atoms with E-state index in [1.165, 1.54) is 0 Å². The molecule has 0 bridgehead atoms. The lowest BCUT2D eigenvalue weighted by Crippen LogP contribution is -2.33. The third kappa shape index (κ3) is 4.28. The first-order valence-corrected chi connectivity index (χ1v) is 12.0. The SMILES string of the molecule is CNC(=O)c1c(-c2ccc(C)cc2)oc2nc(N(CCCN)[S+](C)[O-])c(C3CC3)cc12. The molecule has 1 aliphatic carbocycles. The predicted octanol–water partition coefficient (Wildman–Crippen LogP) is 3.49. The Bertz CT molecular complexity index is 1090. The third-order valence-corrected chi connectivity index (χ3v) is 6.56. The van der Waals surface area contributed by atoms with E-state index in [2.05, 4.69) is 5.32 Å². The minimum atomic E-state index is -1.25. The van der Waals surface area contributed by atoms with Crippen molar-refractivity contribution >= 4 is 34.2 Å². The van der Waals surface area contributed by atoms with Crippen LogP contribution in [0, 0.1) is 6.92 Å². The van der Waals surface area contributed by atoms with Gasteiger partial charge in [0.15, 0.2) is 5.82 Å². The molecule has 0 saturated heterocycles. The van der Waals surface area contributed by atoms with E-state index in [4.69, 9.17) is 15.1 Å². The molecule has 1 fully saturated rings. The Kier molecular flexibility index (Phi) is 6.22. The van der Waals surface area contributed by atoms with Crippen LogP contribution in [0.15, 0.2) is 34.7 Å². The molecule has 1 aliphatic rings. The number of hydrogen-bond donors (Lipinski definition) is 2. The van der Waals surface area contributed by atoms with Gasteiger partial charge in [-0.3, -0.25) is 4.79 Å². The summed E-state index contributed by atoms with van der Waals surface area (Å²) in [6.07, 6.45) is 4.47. The molecule has 7 nitrogen and oxygen atoms in total. The summed E-state index contributed by atoms with van der Waals surface area (Å²) in [6, 6.07) is 9.86. The van der Waals surface area contributed by atoms with Gasteiger partial charge in [-0.05, 0) is 44.7 Å². The van der Waals surface area contributed by atoms with E-state index < -0.39 is 11.4 Å². The molecule has 0 spiro atoms. The van der Waals surface area contributed by atoms with Gasteiger partial charge in [0, 0.05) is 18.2 Å². The van der Waals surface area contributed by atoms with Gasteiger partial charge in [0.1, 0.15) is 12.0 Å². The molecule has 0 aliphatic heterocycles. The minimum absolute atomic E-state index is 0.218. The molecule has 0 radical (unpaired) electrons. The average molecular weight is 441 g/mol. The highest BCUT2D eigenvalue weighted by molar-refractivity contribution is 7.92. The summed E-state index contributed by atoms with van der Waals surface area (Å²) in [5, 5.41) is 3.41. The zero-order valence-electron chi connectivity index (χ0n) is 18.1. The summed E-state index contributed by atoms with van der Waals surface area (Å²) < 4.78 is 20.5. The number of hydrogen-bond acceptors (Lipinski definition) is 6. The molecule has 8 heteroatoms. The van der Waals surface area contributed by atoms with Gasteiger partial charge >= 0.3 is 0 Å². The number of fused-ring (bicyclic) bond motifs is 1. The van der Waals surface area contributed by atoms with Crippen molar-refractivity contribution in [1.29, 1.82) is 0 Å². The first kappa shape index (κ1) is 21.7. The topological polar surface area (TPSA) is 107 Å². The van der Waals surface area contributed by atoms with Crippen molar-refractivity contribution in [3.05, 3.63) is 47.0 Å². The molecule has 2 aromatic heterocycles. The number of nitrogens with two attached hydrogens (primary N) is 1. The molecule has 3 N–H and O–H groups in total. The molecule has 164 valence electrons. The normalized spacial score (nSPS) is 14.6. The zero-order valence-corrected chi connectivity index (χ0v) is 18.9. The number of amides is 1. The lowest BCUT2D eigenvalue weighted by molar-refractivity contribution is 0.0964. The highest BCUT2D eigenvalue weighted by atomic mass is 32.2. The van der Waals surface area contributed by atoms with Crippen LogP contribution in [-0.4, -0.2) is 41.8 Å². The van der Waals surface area contributed by atoms with E-state index in [0.717, 1.165) is 29.5 Å². The minimum Gasteiger partial charge on any atom is -0.593 e. The van der Waals surface area contributed by atoms with Crippen molar-refractivity contribution in [3.8, 4) is 11.3 Å². The van der Waals surface area contributed by atoms with Crippen molar-refractivity contribution < 1.29 is 13.8 Å². The van der Waals surface area contributed by atoms with Crippen molar-refractivity contribution in [2.24, 2.45) is 5.73 Å². The summed E-state index contributed by atoms with van der Waals surface area (Å²) in [5.74, 6) is 1.29. The predicted molar refractivity (Wildman–Crippen MR) is 125 cm³/mol. The third-order valence-electron chi connectivity index (χ3n) is 5.59. The van der Waals surface area contributed by atoms with E-state index in [-0.39, 0.29) is 5.91 Å². The van der Waals surface area contributed by atoms with Crippen LogP contribution in [-0.2, 0) is 11.4 Å². The maximum Gasteiger partial charge on any atom is 0.255 e. The monoisotopic (exact) mass is 440 g/mol. The van der Waals surface area contributed by atoms with E-state index in [9.17, 15) is 9.35 Å². The highest BCUT2D eigenvalue weighted by Gasteiger charge is 2.34. The molecular formula is C23H28N4O3S. The number of aryl methyl sites for hydroxylation is 1. The van der Waals surface area contributed by atoms with Gasteiger partial charge in [-0.25, -0.2) is 0 Å². The van der Waals surface area contributed by atoms with Crippen LogP contribution >= 0.6 is 0 Å². The smallest absolute Gasteiger partial charge is 0.255 e. The second kappa shape index (κ2) is 8.90. The first-order valence-electron chi connectivity index (χ1n) is 10.5. The maximum atomic E-state index is 12.8. The fourth-order valence-electron chi connectivity index (χ4n) is 3.77. The van der Waals surface area contributed by atoms with Gasteiger partial charge in [0.2, 0.25) is 5.71 Å². The number of rotatable bonds is 8. The van der Waals surface area contributed by atoms with Gasteiger partial charge in [-0.1, -0.05) is 29.8 Å². The highest BCUT2D eigenvalue weighted by Crippen LogP contribution is 2.46. The lowest BCUT2D eigenvalue weighted by Gasteiger charge is -2.24. The molecule has 2 heterocycles. The van der Waals surface area contributed by atoms with Gasteiger partial charge in [-0.15, -0.1) is 0 Å². The maximum absolute atomic E-state index is 12.8. The van der Waals surface area contributed by atoms with E-state index in [1.807, 2.05) is 37.3 Å². The van der Waals surface area contributed by atoms with Crippen LogP contribution in [0.2, 0.25) is 0 Å². The van der Waals surface area contributed by atoms with E-state index in [1.54, 1.807) is 17.6 Å². The van der Waals surface area contributed by atoms with Crippen LogP contribution in [0.5, 0.6) is 0 Å². The fraction of sp³-hybridized carbons (Fsp3) is 0.391. The molecular weight excluding hydrogens is 412 g/mol. The number of nitrogens with zero attached hydrogens (tertiary/aromatic N) is 2. The quantitative estimate of drug-likeness (QED) is 0.519. The molecule has 1 amide bonds. The van der Waals surface area contributed by atoms with E-state index in [0.29, 0.717) is 53.7 Å². The fourth-order valence-corrected chi connectivity index (χ4v) is 4.55. The van der Waals surface area contributed by atoms with Gasteiger partial charge in [0.25, 0.3) is 5.91 Å². The van der Waals surface area contributed by atoms with Crippen LogP contribution in [0.3, 0.4) is 0 Å². The summed E-state index contributed by atoms with van der Waals surface area (Å²) >= 11 is -1.25. The first-order chi connectivity index (χ1) is 14.9. The van der Waals surface area contributed by atoms with Crippen LogP contribution < -0.4 is 15.4 Å². The standard InChI is InChI=1S/C23H28N4O3S/c1-14-5-7-16(8-6-14)20-19(22(28)25-2)18-13-17(15-9-10-15)21(26-23(18)30-20)27(31(3)29)12-4-11-24/h5-8,13,15H,4,9-12,24H2,1-3H3,(H,25,28). The van der Waals surface area contributed by atoms with Gasteiger partial charge in [-0.2, -0.15) is 9.29 Å². The number of carbonyl (C=O) groups excluding carboxylic acids is 1. The number of carbonyl (C=O) groups is 1. The Morgan fingerprint density at radius 1 is 1.35 bits per heavy atom. The number of nitrogens with one attached hydrogen (secondary N) is 1. The van der Waals surface area contributed by atoms with Gasteiger partial charge < -0.3 is 20.0 Å². The Morgan fingerprint density at radius 2 is 2.06 bits per heavy atom. The number of furan rings is 1. The molecule has 1 atom stereocenters. The Balaban J connectivity index is 1.93. The van der Waals surface area contributed by atoms with Crippen molar-refractivity contribution in [2.75, 3.05) is 30.7 Å². The summed E-state index contributed by atoms with van der Waals surface area (Å²) in [5.41, 5.74) is 9.50. The molecule has 4 rings (SSSR count). The average Bonchev–Trinajstić information content (AvgIpc) is 3.54. The Morgan fingerprint density at radius 3 is 2.65 bits per heavy atom. The van der Waals surface area contributed by atoms with Crippen LogP contribution in [0.4, 0.5) is 5.82 Å².